The zero-order chi connectivity index (χ0) is 17.5. The van der Waals surface area contributed by atoms with Crippen molar-refractivity contribution in [2.45, 2.75) is 88.9 Å². The minimum absolute atomic E-state index is 0.143. The lowest BCUT2D eigenvalue weighted by atomic mass is 10.1. The third-order valence-corrected chi connectivity index (χ3v) is 5.09. The molecule has 2 nitrogen and oxygen atoms in total. The van der Waals surface area contributed by atoms with Crippen molar-refractivity contribution < 1.29 is 4.79 Å². The fourth-order valence-corrected chi connectivity index (χ4v) is 3.33. The Bertz CT molecular complexity index is 447. The van der Waals surface area contributed by atoms with Gasteiger partial charge in [-0.1, -0.05) is 77.2 Å². The van der Waals surface area contributed by atoms with Crippen LogP contribution in [0.2, 0.25) is 0 Å². The number of anilines is 1. The number of benzene rings is 1. The summed E-state index contributed by atoms with van der Waals surface area (Å²) in [5.41, 5.74) is 0.912. The molecule has 3 heteroatoms. The Morgan fingerprint density at radius 3 is 2.08 bits per heavy atom. The molecule has 0 bridgehead atoms. The first-order chi connectivity index (χ1) is 11.8. The van der Waals surface area contributed by atoms with Crippen LogP contribution in [0.15, 0.2) is 29.2 Å². The third kappa shape index (κ3) is 10.7. The van der Waals surface area contributed by atoms with Crippen LogP contribution in [0.1, 0.15) is 84.0 Å². The van der Waals surface area contributed by atoms with Gasteiger partial charge in [0.2, 0.25) is 5.91 Å². The van der Waals surface area contributed by atoms with E-state index in [2.05, 4.69) is 18.3 Å². The van der Waals surface area contributed by atoms with E-state index in [4.69, 9.17) is 0 Å². The highest BCUT2D eigenvalue weighted by Crippen LogP contribution is 2.19. The molecule has 24 heavy (non-hydrogen) atoms. The number of hydrogen-bond donors (Lipinski definition) is 1. The molecule has 0 aliphatic rings. The molecule has 0 spiro atoms. The van der Waals surface area contributed by atoms with Crippen LogP contribution in [0.25, 0.3) is 0 Å². The molecule has 0 aliphatic heterocycles. The molecule has 1 rings (SSSR count). The lowest BCUT2D eigenvalue weighted by Gasteiger charge is -2.06. The third-order valence-electron chi connectivity index (χ3n) is 4.36. The van der Waals surface area contributed by atoms with E-state index < -0.39 is 0 Å². The first-order valence-corrected chi connectivity index (χ1v) is 10.9. The quantitative estimate of drug-likeness (QED) is 0.288. The first-order valence-electron chi connectivity index (χ1n) is 9.70. The standard InChI is InChI=1S/C21H35NOS/c1-3-4-5-6-7-8-9-10-11-12-13-17-21(23)22-19-15-14-16-20(18-19)24-2/h14-16,18H,3-13,17H2,1-2H3,(H,22,23). The molecule has 0 heterocycles. The van der Waals surface area contributed by atoms with Gasteiger partial charge < -0.3 is 5.32 Å². The number of carbonyl (C=O) groups is 1. The second kappa shape index (κ2) is 14.4. The number of rotatable bonds is 14. The average molecular weight is 350 g/mol. The van der Waals surface area contributed by atoms with E-state index in [0.717, 1.165) is 12.1 Å². The topological polar surface area (TPSA) is 29.1 Å². The maximum atomic E-state index is 12.0. The zero-order valence-electron chi connectivity index (χ0n) is 15.6. The predicted octanol–water partition coefficient (Wildman–Crippen LogP) is 7.05. The van der Waals surface area contributed by atoms with Crippen molar-refractivity contribution in [1.29, 1.82) is 0 Å². The van der Waals surface area contributed by atoms with E-state index in [0.29, 0.717) is 6.42 Å². The fourth-order valence-electron chi connectivity index (χ4n) is 2.87. The Morgan fingerprint density at radius 2 is 1.50 bits per heavy atom. The molecule has 0 aliphatic carbocycles. The highest BCUT2D eigenvalue weighted by atomic mass is 32.2. The lowest BCUT2D eigenvalue weighted by molar-refractivity contribution is -0.116. The number of unbranched alkanes of at least 4 members (excludes halogenated alkanes) is 10. The van der Waals surface area contributed by atoms with Gasteiger partial charge in [-0.05, 0) is 30.9 Å². The van der Waals surface area contributed by atoms with Gasteiger partial charge >= 0.3 is 0 Å². The van der Waals surface area contributed by atoms with Gasteiger partial charge in [0.05, 0.1) is 0 Å². The normalized spacial score (nSPS) is 10.8. The molecule has 0 unspecified atom stereocenters. The fraction of sp³-hybridized carbons (Fsp3) is 0.667. The summed E-state index contributed by atoms with van der Waals surface area (Å²) >= 11 is 1.69. The van der Waals surface area contributed by atoms with E-state index in [1.165, 1.54) is 69.1 Å². The summed E-state index contributed by atoms with van der Waals surface area (Å²) in [5.74, 6) is 0.143. The molecule has 1 amide bonds. The van der Waals surface area contributed by atoms with E-state index in [9.17, 15) is 4.79 Å². The van der Waals surface area contributed by atoms with Crippen LogP contribution in [-0.2, 0) is 4.79 Å². The van der Waals surface area contributed by atoms with Crippen molar-refractivity contribution in [2.75, 3.05) is 11.6 Å². The monoisotopic (exact) mass is 349 g/mol. The van der Waals surface area contributed by atoms with Crippen molar-refractivity contribution in [1.82, 2.24) is 0 Å². The smallest absolute Gasteiger partial charge is 0.224 e. The van der Waals surface area contributed by atoms with Crippen LogP contribution < -0.4 is 5.32 Å². The van der Waals surface area contributed by atoms with Crippen molar-refractivity contribution in [2.24, 2.45) is 0 Å². The number of thioether (sulfide) groups is 1. The van der Waals surface area contributed by atoms with E-state index >= 15 is 0 Å². The molecule has 0 aromatic heterocycles. The van der Waals surface area contributed by atoms with Crippen molar-refractivity contribution in [3.05, 3.63) is 24.3 Å². The summed E-state index contributed by atoms with van der Waals surface area (Å²) < 4.78 is 0. The molecule has 1 N–H and O–H groups in total. The first kappa shape index (κ1) is 21.1. The van der Waals surface area contributed by atoms with Gasteiger partial charge in [-0.2, -0.15) is 0 Å². The maximum absolute atomic E-state index is 12.0. The number of nitrogens with one attached hydrogen (secondary N) is 1. The highest BCUT2D eigenvalue weighted by molar-refractivity contribution is 7.98. The Hall–Kier alpha value is -0.960. The molecule has 0 saturated heterocycles. The van der Waals surface area contributed by atoms with E-state index in [-0.39, 0.29) is 5.91 Å². The SMILES string of the molecule is CCCCCCCCCCCCCC(=O)Nc1cccc(SC)c1. The largest absolute Gasteiger partial charge is 0.326 e. The van der Waals surface area contributed by atoms with Gasteiger partial charge in [0, 0.05) is 17.0 Å². The summed E-state index contributed by atoms with van der Waals surface area (Å²) in [7, 11) is 0. The van der Waals surface area contributed by atoms with Crippen LogP contribution in [0, 0.1) is 0 Å². The van der Waals surface area contributed by atoms with Crippen molar-refractivity contribution in [3.8, 4) is 0 Å². The van der Waals surface area contributed by atoms with Crippen LogP contribution in [0.3, 0.4) is 0 Å². The molecule has 1 aromatic rings. The van der Waals surface area contributed by atoms with Gasteiger partial charge in [-0.25, -0.2) is 0 Å². The molecule has 136 valence electrons. The molecular weight excluding hydrogens is 314 g/mol. The Labute approximate surface area is 153 Å². The summed E-state index contributed by atoms with van der Waals surface area (Å²) in [6.07, 6.45) is 17.1. The molecular formula is C21H35NOS. The number of hydrogen-bond acceptors (Lipinski definition) is 2. The lowest BCUT2D eigenvalue weighted by Crippen LogP contribution is -2.10. The molecule has 0 fully saturated rings. The van der Waals surface area contributed by atoms with Gasteiger partial charge in [0.15, 0.2) is 0 Å². The summed E-state index contributed by atoms with van der Waals surface area (Å²) in [5, 5.41) is 3.00. The van der Waals surface area contributed by atoms with E-state index in [1.54, 1.807) is 11.8 Å². The zero-order valence-corrected chi connectivity index (χ0v) is 16.4. The number of amides is 1. The van der Waals surface area contributed by atoms with Gasteiger partial charge in [-0.3, -0.25) is 4.79 Å². The predicted molar refractivity (Wildman–Crippen MR) is 108 cm³/mol. The van der Waals surface area contributed by atoms with Crippen LogP contribution in [-0.4, -0.2) is 12.2 Å². The Balaban J connectivity index is 1.96. The molecule has 1 aromatic carbocycles. The summed E-state index contributed by atoms with van der Waals surface area (Å²) in [6.45, 7) is 2.27. The Morgan fingerprint density at radius 1 is 0.917 bits per heavy atom. The highest BCUT2D eigenvalue weighted by Gasteiger charge is 2.03. The van der Waals surface area contributed by atoms with Crippen molar-refractivity contribution >= 4 is 23.4 Å². The molecule has 0 radical (unpaired) electrons. The molecule has 0 atom stereocenters. The summed E-state index contributed by atoms with van der Waals surface area (Å²) in [6, 6.07) is 8.04. The molecule has 0 saturated carbocycles. The van der Waals surface area contributed by atoms with Gasteiger partial charge in [-0.15, -0.1) is 11.8 Å². The van der Waals surface area contributed by atoms with Gasteiger partial charge in [0.1, 0.15) is 0 Å². The van der Waals surface area contributed by atoms with Crippen LogP contribution in [0.5, 0.6) is 0 Å². The van der Waals surface area contributed by atoms with Gasteiger partial charge in [0.25, 0.3) is 0 Å². The second-order valence-electron chi connectivity index (χ2n) is 6.57. The van der Waals surface area contributed by atoms with E-state index in [1.807, 2.05) is 24.5 Å². The minimum atomic E-state index is 0.143. The average Bonchev–Trinajstić information content (AvgIpc) is 2.60. The second-order valence-corrected chi connectivity index (χ2v) is 7.45. The minimum Gasteiger partial charge on any atom is -0.326 e. The Kier molecular flexibility index (Phi) is 12.6. The van der Waals surface area contributed by atoms with Crippen LogP contribution in [0.4, 0.5) is 5.69 Å². The summed E-state index contributed by atoms with van der Waals surface area (Å²) in [4.78, 5) is 13.1. The maximum Gasteiger partial charge on any atom is 0.224 e. The van der Waals surface area contributed by atoms with Crippen molar-refractivity contribution in [3.63, 3.8) is 0 Å². The number of carbonyl (C=O) groups excluding carboxylic acids is 1. The van der Waals surface area contributed by atoms with Crippen LogP contribution >= 0.6 is 11.8 Å².